The Labute approximate surface area is 241 Å². The van der Waals surface area contributed by atoms with Gasteiger partial charge in [0, 0.05) is 16.0 Å². The molecular weight excluding hydrogens is 579 g/mol. The molecule has 7 unspecified atom stereocenters. The second-order valence-electron chi connectivity index (χ2n) is 10.4. The van der Waals surface area contributed by atoms with Gasteiger partial charge in [-0.3, -0.25) is 19.3 Å². The summed E-state index contributed by atoms with van der Waals surface area (Å²) in [5, 5.41) is 1.77. The fourth-order valence-electron chi connectivity index (χ4n) is 7.34. The fraction of sp³-hybridized carbons (Fsp3) is 0.357. The number of hydrogen-bond acceptors (Lipinski definition) is 7. The number of amides is 2. The molecule has 1 aromatic heterocycles. The molecule has 0 spiro atoms. The van der Waals surface area contributed by atoms with Gasteiger partial charge in [-0.1, -0.05) is 46.7 Å². The summed E-state index contributed by atoms with van der Waals surface area (Å²) in [7, 11) is 0. The van der Waals surface area contributed by atoms with E-state index in [0.717, 1.165) is 21.9 Å². The second-order valence-corrected chi connectivity index (χ2v) is 13.4. The number of rotatable bonds is 4. The Morgan fingerprint density at radius 1 is 1.05 bits per heavy atom. The molecule has 4 aliphatic rings. The van der Waals surface area contributed by atoms with E-state index in [0.29, 0.717) is 21.3 Å². The number of nitrogens with zero attached hydrogens (tertiary/aromatic N) is 1. The maximum Gasteiger partial charge on any atom is 0.338 e. The summed E-state index contributed by atoms with van der Waals surface area (Å²) in [6, 6.07) is 12.0. The molecule has 2 bridgehead atoms. The molecule has 3 fully saturated rings. The molecule has 2 amide bonds. The monoisotopic (exact) mass is 600 g/mol. The Morgan fingerprint density at radius 3 is 2.49 bits per heavy atom. The predicted molar refractivity (Wildman–Crippen MR) is 150 cm³/mol. The molecule has 2 aromatic carbocycles. The number of aromatic amines is 1. The summed E-state index contributed by atoms with van der Waals surface area (Å²) in [5.41, 5.74) is 1.67. The van der Waals surface area contributed by atoms with Crippen LogP contribution in [0, 0.1) is 29.6 Å². The van der Waals surface area contributed by atoms with Crippen molar-refractivity contribution in [3.05, 3.63) is 78.2 Å². The summed E-state index contributed by atoms with van der Waals surface area (Å²) >= 11 is 16.0. The van der Waals surface area contributed by atoms with Crippen LogP contribution in [-0.2, 0) is 14.3 Å². The second kappa shape index (κ2) is 9.23. The number of fused-ring (bicyclic) bond motifs is 9. The van der Waals surface area contributed by atoms with Gasteiger partial charge in [0.1, 0.15) is 0 Å². The number of thioether (sulfide) groups is 1. The molecule has 2 aliphatic heterocycles. The smallest absolute Gasteiger partial charge is 0.338 e. The van der Waals surface area contributed by atoms with E-state index in [1.54, 1.807) is 49.0 Å². The minimum Gasteiger partial charge on any atom is -0.462 e. The van der Waals surface area contributed by atoms with E-state index in [-0.39, 0.29) is 52.2 Å². The molecule has 3 aromatic rings. The Bertz CT molecular complexity index is 1600. The zero-order valence-corrected chi connectivity index (χ0v) is 23.7. The van der Waals surface area contributed by atoms with E-state index in [1.807, 2.05) is 12.1 Å². The Balaban J connectivity index is 1.27. The summed E-state index contributed by atoms with van der Waals surface area (Å²) < 4.78 is 5.05. The van der Waals surface area contributed by atoms with Crippen molar-refractivity contribution in [2.24, 2.45) is 29.6 Å². The van der Waals surface area contributed by atoms with Crippen molar-refractivity contribution >= 4 is 69.8 Å². The van der Waals surface area contributed by atoms with Crippen LogP contribution < -0.4 is 9.77 Å². The lowest BCUT2D eigenvalue weighted by atomic mass is 9.68. The lowest BCUT2D eigenvalue weighted by Crippen LogP contribution is -2.42. The number of aromatic nitrogens is 1. The van der Waals surface area contributed by atoms with Crippen molar-refractivity contribution < 1.29 is 19.1 Å². The molecule has 7 atom stereocenters. The van der Waals surface area contributed by atoms with E-state index in [2.05, 4.69) is 4.98 Å². The van der Waals surface area contributed by atoms with E-state index >= 15 is 0 Å². The van der Waals surface area contributed by atoms with Gasteiger partial charge in [-0.05, 0) is 67.0 Å². The Hall–Kier alpha value is -2.59. The number of imide groups is 1. The van der Waals surface area contributed by atoms with Gasteiger partial charge in [0.25, 0.3) is 0 Å². The minimum atomic E-state index is -0.449. The number of thiazole rings is 1. The largest absolute Gasteiger partial charge is 0.462 e. The van der Waals surface area contributed by atoms with Crippen LogP contribution in [-0.4, -0.2) is 34.6 Å². The number of carbonyl (C=O) groups is 3. The highest BCUT2D eigenvalue weighted by Crippen LogP contribution is 2.69. The highest BCUT2D eigenvalue weighted by molar-refractivity contribution is 8.00. The van der Waals surface area contributed by atoms with Crippen molar-refractivity contribution in [3.8, 4) is 0 Å². The summed E-state index contributed by atoms with van der Waals surface area (Å²) in [5.74, 6) is -1.91. The lowest BCUT2D eigenvalue weighted by Gasteiger charge is -2.43. The normalized spacial score (nSPS) is 30.3. The first-order valence-corrected chi connectivity index (χ1v) is 15.2. The third-order valence-electron chi connectivity index (χ3n) is 8.68. The standard InChI is InChI=1S/C28H22Cl2N2O5S2/c1-2-37-27(35)11-6-8-12(9-7-11)32-25(33)19-14-10-15(20(19)26(32)34)22-18(14)17(13-4-3-5-16(29)21(13)30)23-24(38-22)31-28(36)39-23/h3-9,14-15,17-20,22H,2,10H2,1H3,(H,31,36). The first-order chi connectivity index (χ1) is 18.8. The topological polar surface area (TPSA) is 96.5 Å². The fourth-order valence-corrected chi connectivity index (χ4v) is 10.6. The number of nitrogens with one attached hydrogen (secondary N) is 1. The van der Waals surface area contributed by atoms with Crippen molar-refractivity contribution in [1.82, 2.24) is 4.98 Å². The number of ether oxygens (including phenoxy) is 1. The van der Waals surface area contributed by atoms with Crippen LogP contribution in [0.1, 0.15) is 40.1 Å². The molecule has 7 rings (SSSR count). The molecule has 1 N–H and O–H groups in total. The molecule has 2 saturated carbocycles. The average molecular weight is 602 g/mol. The van der Waals surface area contributed by atoms with Crippen molar-refractivity contribution in [2.45, 2.75) is 29.5 Å². The number of esters is 1. The molecule has 11 heteroatoms. The van der Waals surface area contributed by atoms with E-state index < -0.39 is 17.8 Å². The first-order valence-electron chi connectivity index (χ1n) is 12.8. The van der Waals surface area contributed by atoms with Crippen LogP contribution in [0.4, 0.5) is 5.69 Å². The number of carbonyl (C=O) groups excluding carboxylic acids is 3. The van der Waals surface area contributed by atoms with Crippen LogP contribution in [0.25, 0.3) is 0 Å². The van der Waals surface area contributed by atoms with Crippen LogP contribution in [0.15, 0.2) is 52.3 Å². The maximum absolute atomic E-state index is 13.9. The molecule has 200 valence electrons. The zero-order valence-electron chi connectivity index (χ0n) is 20.6. The molecule has 39 heavy (non-hydrogen) atoms. The molecule has 3 heterocycles. The average Bonchev–Trinajstić information content (AvgIpc) is 3.65. The zero-order chi connectivity index (χ0) is 27.2. The van der Waals surface area contributed by atoms with Crippen LogP contribution in [0.3, 0.4) is 0 Å². The van der Waals surface area contributed by atoms with Crippen LogP contribution in [0.2, 0.25) is 10.0 Å². The van der Waals surface area contributed by atoms with E-state index in [1.165, 1.54) is 16.2 Å². The van der Waals surface area contributed by atoms with Gasteiger partial charge in [0.15, 0.2) is 0 Å². The van der Waals surface area contributed by atoms with E-state index in [9.17, 15) is 19.2 Å². The van der Waals surface area contributed by atoms with Crippen molar-refractivity contribution in [1.29, 1.82) is 0 Å². The van der Waals surface area contributed by atoms with Crippen LogP contribution in [0.5, 0.6) is 0 Å². The molecule has 0 radical (unpaired) electrons. The van der Waals surface area contributed by atoms with Gasteiger partial charge in [-0.25, -0.2) is 4.79 Å². The van der Waals surface area contributed by atoms with Gasteiger partial charge in [-0.2, -0.15) is 0 Å². The quantitative estimate of drug-likeness (QED) is 0.309. The predicted octanol–water partition coefficient (Wildman–Crippen LogP) is 5.60. The summed E-state index contributed by atoms with van der Waals surface area (Å²) in [6.07, 6.45) is 0.776. The van der Waals surface area contributed by atoms with Gasteiger partial charge in [0.05, 0.1) is 44.8 Å². The van der Waals surface area contributed by atoms with Crippen LogP contribution >= 0.6 is 46.3 Å². The number of halogens is 2. The van der Waals surface area contributed by atoms with Gasteiger partial charge in [-0.15, -0.1) is 11.8 Å². The number of anilines is 1. The first kappa shape index (κ1) is 25.4. The highest BCUT2D eigenvalue weighted by atomic mass is 35.5. The van der Waals surface area contributed by atoms with Gasteiger partial charge < -0.3 is 9.72 Å². The highest BCUT2D eigenvalue weighted by Gasteiger charge is 2.69. The van der Waals surface area contributed by atoms with Gasteiger partial charge in [0.2, 0.25) is 11.8 Å². The third kappa shape index (κ3) is 3.63. The maximum atomic E-state index is 13.9. The van der Waals surface area contributed by atoms with E-state index in [4.69, 9.17) is 27.9 Å². The van der Waals surface area contributed by atoms with Crippen molar-refractivity contribution in [3.63, 3.8) is 0 Å². The third-order valence-corrected chi connectivity index (χ3v) is 12.1. The molecule has 7 nitrogen and oxygen atoms in total. The minimum absolute atomic E-state index is 0.00716. The Kier molecular flexibility index (Phi) is 6.01. The van der Waals surface area contributed by atoms with Crippen molar-refractivity contribution in [2.75, 3.05) is 11.5 Å². The number of hydrogen-bond donors (Lipinski definition) is 1. The number of H-pyrrole nitrogens is 1. The molecule has 2 aliphatic carbocycles. The molecule has 1 saturated heterocycles. The Morgan fingerprint density at radius 2 is 1.77 bits per heavy atom. The SMILES string of the molecule is CCOC(=O)c1ccc(N2C(=O)C3C4CC(C3C2=O)C2C(c3cccc(Cl)c3Cl)c3sc(=O)[nH]c3SC42)cc1. The summed E-state index contributed by atoms with van der Waals surface area (Å²) in [4.78, 5) is 57.3. The number of benzene rings is 2. The lowest BCUT2D eigenvalue weighted by molar-refractivity contribution is -0.123. The van der Waals surface area contributed by atoms with Gasteiger partial charge >= 0.3 is 10.8 Å². The molecular formula is C28H22Cl2N2O5S2. The summed E-state index contributed by atoms with van der Waals surface area (Å²) in [6.45, 7) is 2.00.